The Labute approximate surface area is 186 Å². The van der Waals surface area contributed by atoms with E-state index in [-0.39, 0.29) is 31.0 Å². The van der Waals surface area contributed by atoms with Crippen LogP contribution >= 0.6 is 0 Å². The number of carboxylic acids is 1. The molecule has 2 amide bonds. The Morgan fingerprint density at radius 3 is 2.25 bits per heavy atom. The van der Waals surface area contributed by atoms with Crippen LogP contribution in [-0.2, 0) is 20.8 Å². The molecule has 32 heavy (non-hydrogen) atoms. The molecule has 4 rings (SSSR count). The van der Waals surface area contributed by atoms with E-state index in [9.17, 15) is 24.6 Å². The minimum Gasteiger partial charge on any atom is -0.508 e. The maximum atomic E-state index is 12.8. The number of phenols is 1. The predicted molar refractivity (Wildman–Crippen MR) is 120 cm³/mol. The van der Waals surface area contributed by atoms with Crippen LogP contribution < -0.4 is 15.1 Å². The third kappa shape index (κ3) is 4.85. The summed E-state index contributed by atoms with van der Waals surface area (Å²) in [5, 5.41) is 21.5. The standard InChI is InChI=1S/C24H27N3O5/c28-20-9-3-16(4-10-20)13-21(24(31)32)25-23(30)17-14-22(29)27(15-17)19-7-5-18(6-8-19)26-11-1-2-12-26/h3-10,17,21,28H,1-2,11-15H2,(H,25,30)(H,31,32). The van der Waals surface area contributed by atoms with Crippen molar-refractivity contribution in [2.24, 2.45) is 5.92 Å². The van der Waals surface area contributed by atoms with E-state index < -0.39 is 23.8 Å². The van der Waals surface area contributed by atoms with E-state index in [1.165, 1.54) is 25.0 Å². The maximum Gasteiger partial charge on any atom is 0.326 e. The summed E-state index contributed by atoms with van der Waals surface area (Å²) in [6.45, 7) is 2.30. The number of phenolic OH excluding ortho intramolecular Hbond substituents is 1. The second kappa shape index (κ2) is 9.30. The van der Waals surface area contributed by atoms with Gasteiger partial charge in [-0.1, -0.05) is 12.1 Å². The Morgan fingerprint density at radius 2 is 1.62 bits per heavy atom. The smallest absolute Gasteiger partial charge is 0.326 e. The molecule has 8 nitrogen and oxygen atoms in total. The minimum atomic E-state index is -1.15. The monoisotopic (exact) mass is 437 g/mol. The zero-order valence-corrected chi connectivity index (χ0v) is 17.7. The first-order chi connectivity index (χ1) is 15.4. The minimum absolute atomic E-state index is 0.0469. The summed E-state index contributed by atoms with van der Waals surface area (Å²) in [5.41, 5.74) is 2.55. The molecule has 2 unspecified atom stereocenters. The van der Waals surface area contributed by atoms with Gasteiger partial charge in [-0.3, -0.25) is 9.59 Å². The molecule has 2 saturated heterocycles. The number of amides is 2. The van der Waals surface area contributed by atoms with Gasteiger partial charge in [0.05, 0.1) is 5.92 Å². The zero-order chi connectivity index (χ0) is 22.7. The van der Waals surface area contributed by atoms with Gasteiger partial charge in [-0.05, 0) is 54.8 Å². The molecule has 2 aromatic carbocycles. The first-order valence-corrected chi connectivity index (χ1v) is 10.9. The Morgan fingerprint density at radius 1 is 1.00 bits per heavy atom. The lowest BCUT2D eigenvalue weighted by molar-refractivity contribution is -0.142. The summed E-state index contributed by atoms with van der Waals surface area (Å²) >= 11 is 0. The third-order valence-corrected chi connectivity index (χ3v) is 6.12. The van der Waals surface area contributed by atoms with Gasteiger partial charge >= 0.3 is 5.97 Å². The Balaban J connectivity index is 1.38. The first kappa shape index (κ1) is 21.7. The highest BCUT2D eigenvalue weighted by Crippen LogP contribution is 2.28. The van der Waals surface area contributed by atoms with Crippen LogP contribution in [0, 0.1) is 5.92 Å². The van der Waals surface area contributed by atoms with E-state index in [2.05, 4.69) is 10.2 Å². The fourth-order valence-corrected chi connectivity index (χ4v) is 4.31. The summed E-state index contributed by atoms with van der Waals surface area (Å²) < 4.78 is 0. The van der Waals surface area contributed by atoms with Gasteiger partial charge in [0.2, 0.25) is 11.8 Å². The highest BCUT2D eigenvalue weighted by molar-refractivity contribution is 6.01. The Hall–Kier alpha value is -3.55. The van der Waals surface area contributed by atoms with Crippen molar-refractivity contribution in [3.63, 3.8) is 0 Å². The number of nitrogens with zero attached hydrogens (tertiary/aromatic N) is 2. The maximum absolute atomic E-state index is 12.8. The van der Waals surface area contributed by atoms with E-state index in [1.54, 1.807) is 17.0 Å². The van der Waals surface area contributed by atoms with Crippen LogP contribution in [0.15, 0.2) is 48.5 Å². The van der Waals surface area contributed by atoms with E-state index >= 15 is 0 Å². The number of aromatic hydroxyl groups is 1. The fraction of sp³-hybridized carbons (Fsp3) is 0.375. The van der Waals surface area contributed by atoms with Crippen molar-refractivity contribution in [3.8, 4) is 5.75 Å². The molecule has 0 saturated carbocycles. The van der Waals surface area contributed by atoms with Crippen LogP contribution in [0.1, 0.15) is 24.8 Å². The quantitative estimate of drug-likeness (QED) is 0.612. The number of hydrogen-bond donors (Lipinski definition) is 3. The number of anilines is 2. The molecule has 2 aliphatic heterocycles. The molecular weight excluding hydrogens is 410 g/mol. The number of carbonyl (C=O) groups excluding carboxylic acids is 2. The van der Waals surface area contributed by atoms with Gasteiger partial charge in [-0.2, -0.15) is 0 Å². The average molecular weight is 437 g/mol. The van der Waals surface area contributed by atoms with Gasteiger partial charge in [0, 0.05) is 43.9 Å². The van der Waals surface area contributed by atoms with Crippen LogP contribution in [-0.4, -0.2) is 53.7 Å². The lowest BCUT2D eigenvalue weighted by atomic mass is 10.0. The highest BCUT2D eigenvalue weighted by atomic mass is 16.4. The van der Waals surface area contributed by atoms with Crippen molar-refractivity contribution in [3.05, 3.63) is 54.1 Å². The molecule has 0 spiro atoms. The lowest BCUT2D eigenvalue weighted by Crippen LogP contribution is -2.45. The van der Waals surface area contributed by atoms with Crippen LogP contribution in [0.25, 0.3) is 0 Å². The van der Waals surface area contributed by atoms with Gasteiger partial charge in [0.1, 0.15) is 11.8 Å². The number of benzene rings is 2. The second-order valence-electron chi connectivity index (χ2n) is 8.39. The fourth-order valence-electron chi connectivity index (χ4n) is 4.31. The van der Waals surface area contributed by atoms with Crippen LogP contribution in [0.3, 0.4) is 0 Å². The summed E-state index contributed by atoms with van der Waals surface area (Å²) in [6, 6.07) is 12.9. The van der Waals surface area contributed by atoms with E-state index in [1.807, 2.05) is 24.3 Å². The van der Waals surface area contributed by atoms with Crippen molar-refractivity contribution in [2.45, 2.75) is 31.7 Å². The summed E-state index contributed by atoms with van der Waals surface area (Å²) in [5.74, 6) is -2.26. The van der Waals surface area contributed by atoms with Gasteiger partial charge < -0.3 is 25.3 Å². The topological polar surface area (TPSA) is 110 Å². The number of nitrogens with one attached hydrogen (secondary N) is 1. The van der Waals surface area contributed by atoms with Crippen molar-refractivity contribution in [2.75, 3.05) is 29.4 Å². The van der Waals surface area contributed by atoms with Crippen LogP contribution in [0.5, 0.6) is 5.75 Å². The molecule has 0 radical (unpaired) electrons. The number of carbonyl (C=O) groups is 3. The largest absolute Gasteiger partial charge is 0.508 e. The molecule has 2 aliphatic rings. The molecule has 2 atom stereocenters. The molecule has 8 heteroatoms. The SMILES string of the molecule is O=C(NC(Cc1ccc(O)cc1)C(=O)O)C1CC(=O)N(c2ccc(N3CCCC3)cc2)C1. The molecule has 2 fully saturated rings. The zero-order valence-electron chi connectivity index (χ0n) is 17.7. The van der Waals surface area contributed by atoms with Gasteiger partial charge in [-0.25, -0.2) is 4.79 Å². The molecule has 0 aliphatic carbocycles. The summed E-state index contributed by atoms with van der Waals surface area (Å²) in [6.07, 6.45) is 2.51. The van der Waals surface area contributed by atoms with E-state index in [0.29, 0.717) is 5.56 Å². The van der Waals surface area contributed by atoms with Crippen LogP contribution in [0.2, 0.25) is 0 Å². The second-order valence-corrected chi connectivity index (χ2v) is 8.39. The molecule has 2 aromatic rings. The number of rotatable bonds is 7. The van der Waals surface area contributed by atoms with Gasteiger partial charge in [0.15, 0.2) is 0 Å². The number of aliphatic carboxylic acids is 1. The summed E-state index contributed by atoms with van der Waals surface area (Å²) in [4.78, 5) is 40.9. The lowest BCUT2D eigenvalue weighted by Gasteiger charge is -2.21. The Kier molecular flexibility index (Phi) is 6.30. The molecular formula is C24H27N3O5. The third-order valence-electron chi connectivity index (χ3n) is 6.12. The van der Waals surface area contributed by atoms with Crippen molar-refractivity contribution in [1.29, 1.82) is 0 Å². The predicted octanol–water partition coefficient (Wildman–Crippen LogP) is 2.16. The first-order valence-electron chi connectivity index (χ1n) is 10.9. The molecule has 168 valence electrons. The van der Waals surface area contributed by atoms with Crippen molar-refractivity contribution >= 4 is 29.2 Å². The van der Waals surface area contributed by atoms with Crippen LogP contribution in [0.4, 0.5) is 11.4 Å². The van der Waals surface area contributed by atoms with Crippen molar-refractivity contribution < 1.29 is 24.6 Å². The van der Waals surface area contributed by atoms with Crippen molar-refractivity contribution in [1.82, 2.24) is 5.32 Å². The molecule has 0 bridgehead atoms. The van der Waals surface area contributed by atoms with E-state index in [0.717, 1.165) is 24.5 Å². The summed E-state index contributed by atoms with van der Waals surface area (Å²) in [7, 11) is 0. The number of carboxylic acid groups (broad SMARTS) is 1. The molecule has 2 heterocycles. The molecule has 3 N–H and O–H groups in total. The Bertz CT molecular complexity index is 984. The van der Waals surface area contributed by atoms with E-state index in [4.69, 9.17) is 0 Å². The normalized spacial score (nSPS) is 19.2. The van der Waals surface area contributed by atoms with Gasteiger partial charge in [-0.15, -0.1) is 0 Å². The highest BCUT2D eigenvalue weighted by Gasteiger charge is 2.36. The number of hydrogen-bond acceptors (Lipinski definition) is 5. The van der Waals surface area contributed by atoms with Gasteiger partial charge in [0.25, 0.3) is 0 Å². The molecule has 0 aromatic heterocycles. The average Bonchev–Trinajstić information content (AvgIpc) is 3.45.